The molecule has 2 aromatic rings. The van der Waals surface area contributed by atoms with Crippen molar-refractivity contribution < 1.29 is 27.7 Å². The van der Waals surface area contributed by atoms with Gasteiger partial charge in [-0.15, -0.1) is 0 Å². The van der Waals surface area contributed by atoms with Gasteiger partial charge in [0.2, 0.25) is 10.0 Å². The van der Waals surface area contributed by atoms with Crippen LogP contribution in [0.3, 0.4) is 0 Å². The molecule has 0 bridgehead atoms. The third-order valence-corrected chi connectivity index (χ3v) is 8.20. The minimum absolute atomic E-state index is 0.0231. The fourth-order valence-corrected chi connectivity index (χ4v) is 6.42. The molecule has 0 saturated carbocycles. The molecular weight excluding hydrogens is 581 g/mol. The van der Waals surface area contributed by atoms with Gasteiger partial charge >= 0.3 is 13.1 Å². The number of hydrogen-bond donors (Lipinski definition) is 3. The lowest BCUT2D eigenvalue weighted by atomic mass is 9.84. The number of carbonyl (C=O) groups excluding carboxylic acids is 1. The Labute approximate surface area is 210 Å². The minimum atomic E-state index is -3.82. The first-order valence-corrected chi connectivity index (χ1v) is 13.2. The zero-order chi connectivity index (χ0) is 24.2. The summed E-state index contributed by atoms with van der Waals surface area (Å²) in [6.45, 7) is 1.83. The molecule has 9 nitrogen and oxygen atoms in total. The third kappa shape index (κ3) is 6.70. The summed E-state index contributed by atoms with van der Waals surface area (Å²) in [5.74, 6) is 0.495. The van der Waals surface area contributed by atoms with Crippen LogP contribution in [-0.2, 0) is 14.8 Å². The first-order valence-electron chi connectivity index (χ1n) is 10.1. The number of nitrogens with one attached hydrogen (secondary N) is 2. The average molecular weight is 605 g/mol. The fraction of sp³-hybridized carbons (Fsp3) is 0.350. The van der Waals surface area contributed by atoms with E-state index in [0.29, 0.717) is 26.8 Å². The maximum absolute atomic E-state index is 12.9. The smallest absolute Gasteiger partial charge is 0.411 e. The SMILES string of the molecule is COc1ccccc1NC(=O)OC[C@H]1C[C@@H](NS(=O)(=O)c2cc(Br)ccc2Br)CN1B(C)O. The van der Waals surface area contributed by atoms with Gasteiger partial charge in [0.25, 0.3) is 0 Å². The predicted octanol–water partition coefficient (Wildman–Crippen LogP) is 3.30. The highest BCUT2D eigenvalue weighted by atomic mass is 79.9. The molecule has 1 heterocycles. The van der Waals surface area contributed by atoms with Crippen LogP contribution in [0.1, 0.15) is 6.42 Å². The topological polar surface area (TPSA) is 117 Å². The lowest BCUT2D eigenvalue weighted by Crippen LogP contribution is -2.44. The molecule has 2 aromatic carbocycles. The monoisotopic (exact) mass is 603 g/mol. The number of rotatable bonds is 8. The maximum atomic E-state index is 12.9. The number of halogens is 2. The van der Waals surface area contributed by atoms with Crippen molar-refractivity contribution in [3.63, 3.8) is 0 Å². The van der Waals surface area contributed by atoms with E-state index < -0.39 is 29.2 Å². The van der Waals surface area contributed by atoms with Crippen molar-refractivity contribution in [3.05, 3.63) is 51.4 Å². The summed E-state index contributed by atoms with van der Waals surface area (Å²) in [5, 5.41) is 12.8. The number of para-hydroxylation sites is 2. The van der Waals surface area contributed by atoms with E-state index in [-0.39, 0.29) is 24.1 Å². The second kappa shape index (κ2) is 11.2. The molecule has 33 heavy (non-hydrogen) atoms. The summed E-state index contributed by atoms with van der Waals surface area (Å²) in [5.41, 5.74) is 0.467. The molecule has 178 valence electrons. The van der Waals surface area contributed by atoms with Crippen LogP contribution in [-0.4, -0.2) is 63.7 Å². The van der Waals surface area contributed by atoms with Crippen molar-refractivity contribution in [1.29, 1.82) is 0 Å². The van der Waals surface area contributed by atoms with E-state index >= 15 is 0 Å². The molecule has 3 rings (SSSR count). The number of sulfonamides is 1. The summed E-state index contributed by atoms with van der Waals surface area (Å²) < 4.78 is 40.2. The summed E-state index contributed by atoms with van der Waals surface area (Å²) in [6.07, 6.45) is -0.315. The number of ether oxygens (including phenoxy) is 2. The van der Waals surface area contributed by atoms with Gasteiger partial charge in [-0.25, -0.2) is 17.9 Å². The van der Waals surface area contributed by atoms with Crippen LogP contribution in [0.5, 0.6) is 5.75 Å². The van der Waals surface area contributed by atoms with Gasteiger partial charge in [0.1, 0.15) is 12.4 Å². The van der Waals surface area contributed by atoms with E-state index in [4.69, 9.17) is 9.47 Å². The minimum Gasteiger partial charge on any atom is -0.495 e. The fourth-order valence-electron chi connectivity index (χ4n) is 3.68. The van der Waals surface area contributed by atoms with Crippen molar-refractivity contribution in [3.8, 4) is 5.75 Å². The maximum Gasteiger partial charge on any atom is 0.411 e. The van der Waals surface area contributed by atoms with Gasteiger partial charge in [0.05, 0.1) is 17.7 Å². The van der Waals surface area contributed by atoms with Gasteiger partial charge in [0.15, 0.2) is 0 Å². The number of hydrogen-bond acceptors (Lipinski definition) is 7. The molecule has 0 spiro atoms. The molecule has 0 radical (unpaired) electrons. The molecule has 1 fully saturated rings. The predicted molar refractivity (Wildman–Crippen MR) is 133 cm³/mol. The Morgan fingerprint density at radius 3 is 2.70 bits per heavy atom. The largest absolute Gasteiger partial charge is 0.495 e. The Morgan fingerprint density at radius 2 is 2.00 bits per heavy atom. The van der Waals surface area contributed by atoms with Gasteiger partial charge in [-0.1, -0.05) is 28.1 Å². The lowest BCUT2D eigenvalue weighted by Gasteiger charge is -2.24. The molecular formula is C20H24BBr2N3O6S. The highest BCUT2D eigenvalue weighted by Gasteiger charge is 2.38. The Kier molecular flexibility index (Phi) is 8.81. The van der Waals surface area contributed by atoms with E-state index in [9.17, 15) is 18.2 Å². The van der Waals surface area contributed by atoms with Crippen molar-refractivity contribution in [2.24, 2.45) is 0 Å². The van der Waals surface area contributed by atoms with Crippen LogP contribution in [0, 0.1) is 0 Å². The number of amides is 1. The van der Waals surface area contributed by atoms with Crippen LogP contribution in [0.4, 0.5) is 10.5 Å². The Hall–Kier alpha value is -1.64. The van der Waals surface area contributed by atoms with Crippen molar-refractivity contribution in [2.75, 3.05) is 25.6 Å². The Morgan fingerprint density at radius 1 is 1.27 bits per heavy atom. The first kappa shape index (κ1) is 26.0. The van der Waals surface area contributed by atoms with Crippen LogP contribution < -0.4 is 14.8 Å². The Balaban J connectivity index is 1.63. The van der Waals surface area contributed by atoms with Gasteiger partial charge in [-0.3, -0.25) is 5.32 Å². The zero-order valence-electron chi connectivity index (χ0n) is 18.0. The average Bonchev–Trinajstić information content (AvgIpc) is 3.16. The molecule has 3 N–H and O–H groups in total. The normalized spacial score (nSPS) is 18.7. The highest BCUT2D eigenvalue weighted by molar-refractivity contribution is 9.11. The summed E-state index contributed by atoms with van der Waals surface area (Å²) >= 11 is 6.57. The first-order chi connectivity index (χ1) is 15.6. The number of carbonyl (C=O) groups is 1. The Bertz CT molecular complexity index is 1100. The summed E-state index contributed by atoms with van der Waals surface area (Å²) in [6, 6.07) is 11.0. The zero-order valence-corrected chi connectivity index (χ0v) is 22.0. The number of nitrogens with zero attached hydrogens (tertiary/aromatic N) is 1. The summed E-state index contributed by atoms with van der Waals surface area (Å²) in [4.78, 5) is 14.1. The molecule has 13 heteroatoms. The van der Waals surface area contributed by atoms with Gasteiger partial charge in [-0.2, -0.15) is 0 Å². The molecule has 1 saturated heterocycles. The van der Waals surface area contributed by atoms with E-state index in [0.717, 1.165) is 0 Å². The molecule has 0 aliphatic carbocycles. The van der Waals surface area contributed by atoms with E-state index in [1.165, 1.54) is 13.2 Å². The van der Waals surface area contributed by atoms with Crippen LogP contribution in [0.15, 0.2) is 56.3 Å². The lowest BCUT2D eigenvalue weighted by molar-refractivity contribution is 0.135. The van der Waals surface area contributed by atoms with Crippen LogP contribution >= 0.6 is 31.9 Å². The second-order valence-corrected chi connectivity index (χ2v) is 11.0. The molecule has 2 atom stereocenters. The third-order valence-electron chi connectivity index (χ3n) is 5.19. The molecule has 1 aliphatic rings. The highest BCUT2D eigenvalue weighted by Crippen LogP contribution is 2.28. The van der Waals surface area contributed by atoms with E-state index in [2.05, 4.69) is 41.9 Å². The van der Waals surface area contributed by atoms with E-state index in [1.54, 1.807) is 48.0 Å². The molecule has 1 aliphatic heterocycles. The van der Waals surface area contributed by atoms with Crippen molar-refractivity contribution in [2.45, 2.75) is 30.2 Å². The molecule has 1 amide bonds. The van der Waals surface area contributed by atoms with Gasteiger partial charge in [-0.05, 0) is 59.5 Å². The van der Waals surface area contributed by atoms with Crippen LogP contribution in [0.2, 0.25) is 6.82 Å². The van der Waals surface area contributed by atoms with Gasteiger partial charge in [0, 0.05) is 27.6 Å². The van der Waals surface area contributed by atoms with Crippen molar-refractivity contribution >= 4 is 60.7 Å². The van der Waals surface area contributed by atoms with Crippen molar-refractivity contribution in [1.82, 2.24) is 9.53 Å². The van der Waals surface area contributed by atoms with Crippen LogP contribution in [0.25, 0.3) is 0 Å². The number of methoxy groups -OCH3 is 1. The molecule has 0 aromatic heterocycles. The number of benzene rings is 2. The number of anilines is 1. The quantitative estimate of drug-likeness (QED) is 0.396. The van der Waals surface area contributed by atoms with Gasteiger partial charge < -0.3 is 19.3 Å². The second-order valence-electron chi connectivity index (χ2n) is 7.53. The van der Waals surface area contributed by atoms with E-state index in [1.807, 2.05) is 0 Å². The summed E-state index contributed by atoms with van der Waals surface area (Å²) in [7, 11) is -3.16. The molecule has 0 unspecified atom stereocenters. The standard InChI is InChI=1S/C20H24BBr2N3O6S/c1-21(28)26-11-14(25-33(29,30)19-9-13(22)7-8-16(19)23)10-15(26)12-32-20(27)24-17-5-3-4-6-18(17)31-2/h3-9,14-15,25,28H,10-12H2,1-2H3,(H,24,27)/t14-,15-/m1/s1.